The molecule has 1 heteroatoms. The Balaban J connectivity index is 3.60. The van der Waals surface area contributed by atoms with Gasteiger partial charge in [-0.3, -0.25) is 0 Å². The van der Waals surface area contributed by atoms with E-state index in [-0.39, 0.29) is 0 Å². The molecule has 1 unspecified atom stereocenters. The molecule has 0 aliphatic carbocycles. The molecule has 0 bridgehead atoms. The second-order valence-corrected chi connectivity index (χ2v) is 5.93. The van der Waals surface area contributed by atoms with Gasteiger partial charge in [-0.25, -0.2) is 0 Å². The minimum Gasteiger partial charge on any atom is -0.0999 e. The molecule has 0 amide bonds. The molecule has 0 aliphatic rings. The van der Waals surface area contributed by atoms with Gasteiger partial charge in [0.25, 0.3) is 0 Å². The summed E-state index contributed by atoms with van der Waals surface area (Å²) in [5.41, 5.74) is 1.77. The zero-order valence-corrected chi connectivity index (χ0v) is 11.1. The Morgan fingerprint density at radius 2 is 1.92 bits per heavy atom. The van der Waals surface area contributed by atoms with E-state index in [0.29, 0.717) is 10.2 Å². The van der Waals surface area contributed by atoms with E-state index in [2.05, 4.69) is 50.2 Å². The Labute approximate surface area is 91.9 Å². The first kappa shape index (κ1) is 13.2. The van der Waals surface area contributed by atoms with Crippen LogP contribution in [0.3, 0.4) is 0 Å². The standard InChI is InChI=1S/C12H23Br/c1-6-10(2)8-7-9-11(13)12(3,4)5/h11H,2,6-9H2,1,3-5H3. The summed E-state index contributed by atoms with van der Waals surface area (Å²) in [6.07, 6.45) is 4.83. The Morgan fingerprint density at radius 3 is 2.31 bits per heavy atom. The topological polar surface area (TPSA) is 0 Å². The molecule has 0 saturated carbocycles. The summed E-state index contributed by atoms with van der Waals surface area (Å²) >= 11 is 3.74. The number of allylic oxidation sites excluding steroid dienone is 1. The predicted molar refractivity (Wildman–Crippen MR) is 65.5 cm³/mol. The highest BCUT2D eigenvalue weighted by atomic mass is 79.9. The van der Waals surface area contributed by atoms with Crippen LogP contribution in [0.1, 0.15) is 53.4 Å². The van der Waals surface area contributed by atoms with Gasteiger partial charge in [-0.1, -0.05) is 55.8 Å². The molecule has 0 rings (SSSR count). The molecule has 0 radical (unpaired) electrons. The molecule has 0 aliphatic heterocycles. The van der Waals surface area contributed by atoms with Crippen LogP contribution in [0, 0.1) is 5.41 Å². The first-order valence-corrected chi connectivity index (χ1v) is 6.10. The van der Waals surface area contributed by atoms with Crippen LogP contribution in [0.2, 0.25) is 0 Å². The molecule has 0 fully saturated rings. The molecule has 0 saturated heterocycles. The van der Waals surface area contributed by atoms with Gasteiger partial charge in [-0.15, -0.1) is 0 Å². The molecule has 0 aromatic rings. The van der Waals surface area contributed by atoms with E-state index < -0.39 is 0 Å². The highest BCUT2D eigenvalue weighted by molar-refractivity contribution is 9.09. The normalized spacial score (nSPS) is 14.2. The zero-order chi connectivity index (χ0) is 10.5. The molecular formula is C12H23Br. The summed E-state index contributed by atoms with van der Waals surface area (Å²) in [5, 5.41) is 0. The average molecular weight is 247 g/mol. The third kappa shape index (κ3) is 6.31. The summed E-state index contributed by atoms with van der Waals surface area (Å²) in [6.45, 7) is 13.0. The van der Waals surface area contributed by atoms with Crippen molar-refractivity contribution in [1.82, 2.24) is 0 Å². The largest absolute Gasteiger partial charge is 0.0999 e. The van der Waals surface area contributed by atoms with E-state index >= 15 is 0 Å². The van der Waals surface area contributed by atoms with Gasteiger partial charge < -0.3 is 0 Å². The van der Waals surface area contributed by atoms with Gasteiger partial charge in [0.15, 0.2) is 0 Å². The number of alkyl halides is 1. The molecule has 0 heterocycles. The fourth-order valence-corrected chi connectivity index (χ4v) is 1.46. The maximum Gasteiger partial charge on any atom is 0.0194 e. The number of halogens is 1. The van der Waals surface area contributed by atoms with E-state index in [9.17, 15) is 0 Å². The van der Waals surface area contributed by atoms with Crippen LogP contribution in [0.5, 0.6) is 0 Å². The van der Waals surface area contributed by atoms with Crippen molar-refractivity contribution in [2.75, 3.05) is 0 Å². The van der Waals surface area contributed by atoms with E-state index in [1.54, 1.807) is 0 Å². The lowest BCUT2D eigenvalue weighted by Crippen LogP contribution is -2.19. The van der Waals surface area contributed by atoms with Gasteiger partial charge in [0, 0.05) is 4.83 Å². The van der Waals surface area contributed by atoms with E-state index in [1.807, 2.05) is 0 Å². The fraction of sp³-hybridized carbons (Fsp3) is 0.833. The molecule has 13 heavy (non-hydrogen) atoms. The Morgan fingerprint density at radius 1 is 1.38 bits per heavy atom. The van der Waals surface area contributed by atoms with Crippen molar-refractivity contribution in [3.05, 3.63) is 12.2 Å². The van der Waals surface area contributed by atoms with E-state index in [4.69, 9.17) is 0 Å². The minimum atomic E-state index is 0.382. The van der Waals surface area contributed by atoms with Gasteiger partial charge in [-0.05, 0) is 31.1 Å². The monoisotopic (exact) mass is 246 g/mol. The lowest BCUT2D eigenvalue weighted by molar-refractivity contribution is 0.380. The summed E-state index contributed by atoms with van der Waals surface area (Å²) in [6, 6.07) is 0. The maximum atomic E-state index is 4.02. The van der Waals surface area contributed by atoms with Crippen molar-refractivity contribution in [3.63, 3.8) is 0 Å². The molecule has 0 nitrogen and oxygen atoms in total. The van der Waals surface area contributed by atoms with Crippen molar-refractivity contribution in [2.24, 2.45) is 5.41 Å². The molecule has 0 aromatic carbocycles. The third-order valence-corrected chi connectivity index (χ3v) is 4.26. The van der Waals surface area contributed by atoms with Crippen LogP contribution < -0.4 is 0 Å². The highest BCUT2D eigenvalue weighted by Gasteiger charge is 2.20. The molecule has 0 spiro atoms. The Bertz CT molecular complexity index is 153. The summed E-state index contributed by atoms with van der Waals surface area (Å²) in [4.78, 5) is 0.629. The molecule has 78 valence electrons. The van der Waals surface area contributed by atoms with Gasteiger partial charge in [-0.2, -0.15) is 0 Å². The van der Waals surface area contributed by atoms with E-state index in [1.165, 1.54) is 24.8 Å². The van der Waals surface area contributed by atoms with Crippen LogP contribution >= 0.6 is 15.9 Å². The first-order valence-electron chi connectivity index (χ1n) is 5.18. The fourth-order valence-electron chi connectivity index (χ4n) is 1.14. The van der Waals surface area contributed by atoms with Crippen molar-refractivity contribution >= 4 is 15.9 Å². The SMILES string of the molecule is C=C(CC)CCCC(Br)C(C)(C)C. The lowest BCUT2D eigenvalue weighted by atomic mass is 9.89. The second-order valence-electron chi connectivity index (χ2n) is 4.83. The van der Waals surface area contributed by atoms with Crippen LogP contribution in [0.15, 0.2) is 12.2 Å². The summed E-state index contributed by atoms with van der Waals surface area (Å²) < 4.78 is 0. The Hall–Kier alpha value is 0.220. The first-order chi connectivity index (χ1) is 5.88. The highest BCUT2D eigenvalue weighted by Crippen LogP contribution is 2.30. The number of hydrogen-bond donors (Lipinski definition) is 0. The lowest BCUT2D eigenvalue weighted by Gasteiger charge is -2.25. The van der Waals surface area contributed by atoms with Crippen LogP contribution in [0.25, 0.3) is 0 Å². The van der Waals surface area contributed by atoms with Crippen molar-refractivity contribution in [1.29, 1.82) is 0 Å². The van der Waals surface area contributed by atoms with Crippen LogP contribution in [0.4, 0.5) is 0 Å². The second kappa shape index (κ2) is 5.85. The number of hydrogen-bond acceptors (Lipinski definition) is 0. The summed E-state index contributed by atoms with van der Waals surface area (Å²) in [5.74, 6) is 0. The zero-order valence-electron chi connectivity index (χ0n) is 9.49. The molecule has 0 N–H and O–H groups in total. The Kier molecular flexibility index (Phi) is 5.95. The smallest absolute Gasteiger partial charge is 0.0194 e. The van der Waals surface area contributed by atoms with Gasteiger partial charge in [0.2, 0.25) is 0 Å². The van der Waals surface area contributed by atoms with Crippen molar-refractivity contribution < 1.29 is 0 Å². The average Bonchev–Trinajstić information content (AvgIpc) is 2.02. The quantitative estimate of drug-likeness (QED) is 0.477. The van der Waals surface area contributed by atoms with Crippen LogP contribution in [-0.2, 0) is 0 Å². The minimum absolute atomic E-state index is 0.382. The molecular weight excluding hydrogens is 224 g/mol. The predicted octanol–water partition coefficient (Wildman–Crippen LogP) is 4.93. The summed E-state index contributed by atoms with van der Waals surface area (Å²) in [7, 11) is 0. The van der Waals surface area contributed by atoms with E-state index in [0.717, 1.165) is 6.42 Å². The third-order valence-electron chi connectivity index (χ3n) is 2.43. The van der Waals surface area contributed by atoms with Gasteiger partial charge in [0.1, 0.15) is 0 Å². The number of rotatable bonds is 5. The molecule has 0 aromatic heterocycles. The van der Waals surface area contributed by atoms with Crippen molar-refractivity contribution in [2.45, 2.75) is 58.2 Å². The van der Waals surface area contributed by atoms with Crippen LogP contribution in [-0.4, -0.2) is 4.83 Å². The van der Waals surface area contributed by atoms with Gasteiger partial charge in [0.05, 0.1) is 0 Å². The van der Waals surface area contributed by atoms with Crippen molar-refractivity contribution in [3.8, 4) is 0 Å². The van der Waals surface area contributed by atoms with Gasteiger partial charge >= 0.3 is 0 Å². The maximum absolute atomic E-state index is 4.02. The molecule has 1 atom stereocenters.